The zero-order valence-electron chi connectivity index (χ0n) is 6.44. The molecule has 3 radical (unpaired) electrons. The highest BCUT2D eigenvalue weighted by Crippen LogP contribution is 2.18. The monoisotopic (exact) mass is 188 g/mol. The summed E-state index contributed by atoms with van der Waals surface area (Å²) in [7, 11) is 0. The Morgan fingerprint density at radius 3 is 2.58 bits per heavy atom. The van der Waals surface area contributed by atoms with E-state index >= 15 is 0 Å². The van der Waals surface area contributed by atoms with Gasteiger partial charge in [0.25, 0.3) is 0 Å². The first-order valence-electron chi connectivity index (χ1n) is 3.40. The van der Waals surface area contributed by atoms with Gasteiger partial charge in [0, 0.05) is 33.8 Å². The van der Waals surface area contributed by atoms with Crippen molar-refractivity contribution in [2.75, 3.05) is 0 Å². The summed E-state index contributed by atoms with van der Waals surface area (Å²) in [5, 5.41) is 1.14. The Balaban J connectivity index is 0.000000720. The Hall–Kier alpha value is -0.488. The van der Waals surface area contributed by atoms with Gasteiger partial charge in [-0.1, -0.05) is 18.2 Å². The van der Waals surface area contributed by atoms with Crippen LogP contribution < -0.4 is 0 Å². The minimum Gasteiger partial charge on any atom is -0.255 e. The molecule has 0 bridgehead atoms. The maximum absolute atomic E-state index is 4.29. The van der Waals surface area contributed by atoms with E-state index in [4.69, 9.17) is 0 Å². The van der Waals surface area contributed by atoms with E-state index in [1.54, 1.807) is 6.20 Å². The molecule has 0 aliphatic carbocycles. The fraction of sp³-hybridized carbons (Fsp3) is 0. The summed E-state index contributed by atoms with van der Waals surface area (Å²) in [6, 6.07) is 9.91. The Labute approximate surface area is 87.4 Å². The van der Waals surface area contributed by atoms with Gasteiger partial charge in [-0.2, -0.15) is 0 Å². The zero-order valence-corrected chi connectivity index (χ0v) is 8.49. The van der Waals surface area contributed by atoms with Gasteiger partial charge in [-0.15, -0.1) is 12.6 Å². The largest absolute Gasteiger partial charge is 0.255 e. The average Bonchev–Trinajstić information content (AvgIpc) is 2.06. The maximum atomic E-state index is 4.29. The molecule has 0 saturated carbocycles. The van der Waals surface area contributed by atoms with Crippen LogP contribution in [0, 0.1) is 0 Å². The van der Waals surface area contributed by atoms with Crippen molar-refractivity contribution >= 4 is 40.9 Å². The minimum atomic E-state index is 0. The van der Waals surface area contributed by atoms with Gasteiger partial charge >= 0.3 is 0 Å². The lowest BCUT2D eigenvalue weighted by atomic mass is 10.2. The molecule has 0 unspecified atom stereocenters. The smallest absolute Gasteiger partial charge is 0.0835 e. The number of pyridine rings is 1. The van der Waals surface area contributed by atoms with E-state index in [9.17, 15) is 0 Å². The molecule has 0 saturated heterocycles. The Kier molecular flexibility index (Phi) is 3.16. The number of hydrogen-bond donors (Lipinski definition) is 1. The van der Waals surface area contributed by atoms with Crippen LogP contribution in [-0.4, -0.2) is 22.3 Å². The van der Waals surface area contributed by atoms with Crippen LogP contribution in [0.5, 0.6) is 0 Å². The normalized spacial score (nSPS) is 9.42. The fourth-order valence-electron chi connectivity index (χ4n) is 1.09. The van der Waals surface area contributed by atoms with Crippen LogP contribution in [0.15, 0.2) is 41.4 Å². The highest BCUT2D eigenvalue weighted by Gasteiger charge is 1.94. The van der Waals surface area contributed by atoms with Crippen LogP contribution in [0.2, 0.25) is 0 Å². The first kappa shape index (κ1) is 9.60. The third-order valence-corrected chi connectivity index (χ3v) is 1.97. The predicted molar refractivity (Wildman–Crippen MR) is 54.7 cm³/mol. The summed E-state index contributed by atoms with van der Waals surface area (Å²) in [6.07, 6.45) is 1.78. The van der Waals surface area contributed by atoms with Gasteiger partial charge in [0.1, 0.15) is 0 Å². The predicted octanol–water partition coefficient (Wildman–Crippen LogP) is 2.14. The number of nitrogens with zero attached hydrogens (tertiary/aromatic N) is 1. The molecular weight excluding hydrogens is 181 g/mol. The van der Waals surface area contributed by atoms with E-state index in [1.165, 1.54) is 0 Å². The van der Waals surface area contributed by atoms with Crippen molar-refractivity contribution < 1.29 is 0 Å². The molecule has 1 nitrogen and oxygen atoms in total. The van der Waals surface area contributed by atoms with Crippen molar-refractivity contribution in [2.45, 2.75) is 4.90 Å². The number of aromatic nitrogens is 1. The molecule has 0 aliphatic heterocycles. The molecule has 0 atom stereocenters. The summed E-state index contributed by atoms with van der Waals surface area (Å²) in [6.45, 7) is 0. The zero-order chi connectivity index (χ0) is 7.68. The molecule has 57 valence electrons. The first-order valence-corrected chi connectivity index (χ1v) is 3.85. The Bertz CT molecular complexity index is 384. The molecule has 0 aliphatic rings. The molecule has 2 rings (SSSR count). The van der Waals surface area contributed by atoms with Crippen LogP contribution in [-0.2, 0) is 0 Å². The molecule has 0 N–H and O–H groups in total. The van der Waals surface area contributed by atoms with E-state index in [1.807, 2.05) is 30.3 Å². The summed E-state index contributed by atoms with van der Waals surface area (Å²) >= 11 is 4.29. The summed E-state index contributed by atoms with van der Waals surface area (Å²) in [5.41, 5.74) is 0.971. The number of fused-ring (bicyclic) bond motifs is 1. The quantitative estimate of drug-likeness (QED) is 0.493. The van der Waals surface area contributed by atoms with Crippen molar-refractivity contribution in [1.29, 1.82) is 0 Å². The highest BCUT2D eigenvalue weighted by atomic mass is 32.1. The van der Waals surface area contributed by atoms with Gasteiger partial charge in [-0.3, -0.25) is 4.98 Å². The van der Waals surface area contributed by atoms with Crippen molar-refractivity contribution in [3.05, 3.63) is 36.5 Å². The van der Waals surface area contributed by atoms with Gasteiger partial charge in [0.15, 0.2) is 0 Å². The molecule has 3 heteroatoms. The number of thiol groups is 1. The van der Waals surface area contributed by atoms with Crippen molar-refractivity contribution in [3.8, 4) is 0 Å². The number of hydrogen-bond acceptors (Lipinski definition) is 2. The van der Waals surface area contributed by atoms with Crippen molar-refractivity contribution in [3.63, 3.8) is 0 Å². The van der Waals surface area contributed by atoms with E-state index in [0.717, 1.165) is 15.8 Å². The third kappa shape index (κ3) is 1.64. The summed E-state index contributed by atoms with van der Waals surface area (Å²) in [4.78, 5) is 5.14. The van der Waals surface area contributed by atoms with Gasteiger partial charge in [-0.05, 0) is 12.1 Å². The molecule has 1 heterocycles. The topological polar surface area (TPSA) is 12.9 Å². The van der Waals surface area contributed by atoms with E-state index in [2.05, 4.69) is 17.6 Å². The molecule has 1 aromatic heterocycles. The lowest BCUT2D eigenvalue weighted by Gasteiger charge is -1.97. The third-order valence-electron chi connectivity index (χ3n) is 1.61. The lowest BCUT2D eigenvalue weighted by molar-refractivity contribution is 1.36. The van der Waals surface area contributed by atoms with Gasteiger partial charge in [-0.25, -0.2) is 0 Å². The minimum absolute atomic E-state index is 0. The first-order chi connectivity index (χ1) is 5.38. The fourth-order valence-corrected chi connectivity index (χ4v) is 1.36. The molecule has 0 amide bonds. The van der Waals surface area contributed by atoms with Gasteiger partial charge in [0.2, 0.25) is 0 Å². The molecule has 2 aromatic rings. The maximum Gasteiger partial charge on any atom is 0.0835 e. The average molecular weight is 188 g/mol. The van der Waals surface area contributed by atoms with Crippen LogP contribution in [0.1, 0.15) is 0 Å². The van der Waals surface area contributed by atoms with Crippen molar-refractivity contribution in [2.24, 2.45) is 0 Å². The Morgan fingerprint density at radius 1 is 1.08 bits per heavy atom. The van der Waals surface area contributed by atoms with E-state index in [0.29, 0.717) is 0 Å². The van der Waals surface area contributed by atoms with Gasteiger partial charge in [0.05, 0.1) is 5.52 Å². The van der Waals surface area contributed by atoms with Crippen LogP contribution in [0.3, 0.4) is 0 Å². The standard InChI is InChI=1S/C9H7NS.Al/c11-8-5-1-3-7-4-2-6-10-9(7)8;/h1-6,11H;. The number of rotatable bonds is 0. The second-order valence-corrected chi connectivity index (χ2v) is 2.83. The number of para-hydroxylation sites is 1. The molecule has 0 spiro atoms. The van der Waals surface area contributed by atoms with Crippen LogP contribution in [0.25, 0.3) is 10.9 Å². The van der Waals surface area contributed by atoms with E-state index < -0.39 is 0 Å². The molecule has 0 fully saturated rings. The molecular formula is C9H7AlNS. The Morgan fingerprint density at radius 2 is 1.83 bits per heavy atom. The SMILES string of the molecule is Sc1cccc2cccnc12.[Al]. The summed E-state index contributed by atoms with van der Waals surface area (Å²) in [5.74, 6) is 0. The highest BCUT2D eigenvalue weighted by molar-refractivity contribution is 7.80. The van der Waals surface area contributed by atoms with Gasteiger partial charge < -0.3 is 0 Å². The summed E-state index contributed by atoms with van der Waals surface area (Å²) < 4.78 is 0. The number of benzene rings is 1. The second kappa shape index (κ2) is 3.95. The van der Waals surface area contributed by atoms with Crippen LogP contribution >= 0.6 is 12.6 Å². The second-order valence-electron chi connectivity index (χ2n) is 2.35. The lowest BCUT2D eigenvalue weighted by Crippen LogP contribution is -1.77. The van der Waals surface area contributed by atoms with E-state index in [-0.39, 0.29) is 17.4 Å². The molecule has 12 heavy (non-hydrogen) atoms. The van der Waals surface area contributed by atoms with Crippen LogP contribution in [0.4, 0.5) is 0 Å². The van der Waals surface area contributed by atoms with Crippen molar-refractivity contribution in [1.82, 2.24) is 4.98 Å². The molecule has 1 aromatic carbocycles.